The Morgan fingerprint density at radius 3 is 2.45 bits per heavy atom. The third-order valence-electron chi connectivity index (χ3n) is 3.48. The molecule has 0 bridgehead atoms. The molecule has 3 aromatic rings. The number of hydrogen-bond acceptors (Lipinski definition) is 4. The molecule has 0 spiro atoms. The van der Waals surface area contributed by atoms with Crippen molar-refractivity contribution in [1.29, 1.82) is 0 Å². The first-order valence-corrected chi connectivity index (χ1v) is 6.66. The van der Waals surface area contributed by atoms with E-state index in [4.69, 9.17) is 11.5 Å². The number of hydrogen-bond donors (Lipinski definition) is 2. The van der Waals surface area contributed by atoms with Crippen LogP contribution >= 0.6 is 0 Å². The number of primary amides is 1. The number of aromatic nitrogens is 1. The zero-order chi connectivity index (χ0) is 15.7. The number of ketones is 1. The first-order valence-electron chi connectivity index (χ1n) is 6.66. The lowest BCUT2D eigenvalue weighted by atomic mass is 9.95. The molecule has 1 amide bonds. The highest BCUT2D eigenvalue weighted by Gasteiger charge is 2.22. The lowest BCUT2D eigenvalue weighted by Crippen LogP contribution is -2.20. The van der Waals surface area contributed by atoms with Gasteiger partial charge in [0, 0.05) is 17.4 Å². The van der Waals surface area contributed by atoms with Gasteiger partial charge in [-0.15, -0.1) is 0 Å². The van der Waals surface area contributed by atoms with Gasteiger partial charge >= 0.3 is 0 Å². The molecule has 5 nitrogen and oxygen atoms in total. The lowest BCUT2D eigenvalue weighted by molar-refractivity contribution is 0.0977. The first-order chi connectivity index (χ1) is 10.6. The Bertz CT molecular complexity index is 898. The Morgan fingerprint density at radius 2 is 1.68 bits per heavy atom. The zero-order valence-corrected chi connectivity index (χ0v) is 11.6. The van der Waals surface area contributed by atoms with Crippen molar-refractivity contribution in [1.82, 2.24) is 4.98 Å². The number of fused-ring (bicyclic) bond motifs is 1. The highest BCUT2D eigenvalue weighted by molar-refractivity contribution is 6.21. The van der Waals surface area contributed by atoms with Crippen molar-refractivity contribution in [3.63, 3.8) is 0 Å². The van der Waals surface area contributed by atoms with Gasteiger partial charge in [0.15, 0.2) is 5.78 Å². The zero-order valence-electron chi connectivity index (χ0n) is 11.6. The second-order valence-electron chi connectivity index (χ2n) is 4.84. The first kappa shape index (κ1) is 13.8. The topological polar surface area (TPSA) is 99.1 Å². The third kappa shape index (κ3) is 2.18. The Kier molecular flexibility index (Phi) is 3.31. The standard InChI is InChI=1S/C17H13N3O2/c18-13-8-9-20-15(17(19)22)14(13)16(21)12-7-3-5-10-4-1-2-6-11(10)12/h1-9H,(H2,18,20)(H2,19,22). The van der Waals surface area contributed by atoms with Crippen LogP contribution in [0.2, 0.25) is 0 Å². The van der Waals surface area contributed by atoms with Crippen LogP contribution in [0.4, 0.5) is 5.69 Å². The Labute approximate surface area is 126 Å². The van der Waals surface area contributed by atoms with Gasteiger partial charge in [0.1, 0.15) is 5.69 Å². The summed E-state index contributed by atoms with van der Waals surface area (Å²) in [5, 5.41) is 1.71. The fourth-order valence-corrected chi connectivity index (χ4v) is 2.46. The van der Waals surface area contributed by atoms with Gasteiger partial charge in [0.2, 0.25) is 0 Å². The van der Waals surface area contributed by atoms with Crippen molar-refractivity contribution >= 4 is 28.2 Å². The van der Waals surface area contributed by atoms with Crippen LogP contribution in [0.1, 0.15) is 26.4 Å². The van der Waals surface area contributed by atoms with Crippen molar-refractivity contribution in [3.8, 4) is 0 Å². The average Bonchev–Trinajstić information content (AvgIpc) is 2.53. The summed E-state index contributed by atoms with van der Waals surface area (Å²) < 4.78 is 0. The van der Waals surface area contributed by atoms with Gasteiger partial charge in [-0.05, 0) is 16.8 Å². The number of amides is 1. The van der Waals surface area contributed by atoms with Gasteiger partial charge in [0.25, 0.3) is 5.91 Å². The summed E-state index contributed by atoms with van der Waals surface area (Å²) in [4.78, 5) is 28.3. The highest BCUT2D eigenvalue weighted by Crippen LogP contribution is 2.25. The van der Waals surface area contributed by atoms with E-state index in [1.807, 2.05) is 30.3 Å². The second-order valence-corrected chi connectivity index (χ2v) is 4.84. The maximum absolute atomic E-state index is 12.9. The summed E-state index contributed by atoms with van der Waals surface area (Å²) in [6, 6.07) is 14.4. The van der Waals surface area contributed by atoms with E-state index in [-0.39, 0.29) is 22.7 Å². The molecule has 0 atom stereocenters. The number of anilines is 1. The van der Waals surface area contributed by atoms with Crippen LogP contribution in [0.15, 0.2) is 54.7 Å². The third-order valence-corrected chi connectivity index (χ3v) is 3.48. The van der Waals surface area contributed by atoms with Crippen LogP contribution in [0.3, 0.4) is 0 Å². The fourth-order valence-electron chi connectivity index (χ4n) is 2.46. The number of pyridine rings is 1. The Morgan fingerprint density at radius 1 is 0.955 bits per heavy atom. The van der Waals surface area contributed by atoms with Crippen molar-refractivity contribution in [2.24, 2.45) is 5.73 Å². The summed E-state index contributed by atoms with van der Waals surface area (Å²) in [6.45, 7) is 0. The van der Waals surface area contributed by atoms with Gasteiger partial charge in [-0.1, -0.05) is 42.5 Å². The number of nitrogens with two attached hydrogens (primary N) is 2. The molecule has 0 aliphatic rings. The minimum absolute atomic E-state index is 0.0475. The summed E-state index contributed by atoms with van der Waals surface area (Å²) in [7, 11) is 0. The predicted octanol–water partition coefficient (Wildman–Crippen LogP) is 2.15. The van der Waals surface area contributed by atoms with Crippen LogP contribution in [-0.2, 0) is 0 Å². The minimum atomic E-state index is -0.782. The van der Waals surface area contributed by atoms with E-state index in [0.29, 0.717) is 5.56 Å². The van der Waals surface area contributed by atoms with Crippen LogP contribution in [0.25, 0.3) is 10.8 Å². The van der Waals surface area contributed by atoms with E-state index >= 15 is 0 Å². The van der Waals surface area contributed by atoms with Crippen LogP contribution in [0.5, 0.6) is 0 Å². The second kappa shape index (κ2) is 5.29. The van der Waals surface area contributed by atoms with E-state index in [1.54, 1.807) is 12.1 Å². The maximum Gasteiger partial charge on any atom is 0.268 e. The van der Waals surface area contributed by atoms with Gasteiger partial charge < -0.3 is 11.5 Å². The molecule has 22 heavy (non-hydrogen) atoms. The predicted molar refractivity (Wildman–Crippen MR) is 84.5 cm³/mol. The normalized spacial score (nSPS) is 10.5. The number of carbonyl (C=O) groups excluding carboxylic acids is 2. The van der Waals surface area contributed by atoms with E-state index in [0.717, 1.165) is 10.8 Å². The van der Waals surface area contributed by atoms with Crippen molar-refractivity contribution < 1.29 is 9.59 Å². The van der Waals surface area contributed by atoms with Crippen molar-refractivity contribution in [2.45, 2.75) is 0 Å². The summed E-state index contributed by atoms with van der Waals surface area (Å²) in [5.41, 5.74) is 11.8. The van der Waals surface area contributed by atoms with Crippen molar-refractivity contribution in [3.05, 3.63) is 71.5 Å². The molecule has 0 saturated heterocycles. The smallest absolute Gasteiger partial charge is 0.268 e. The number of benzene rings is 2. The molecule has 2 aromatic carbocycles. The van der Waals surface area contributed by atoms with E-state index < -0.39 is 5.91 Å². The minimum Gasteiger partial charge on any atom is -0.398 e. The molecule has 1 aromatic heterocycles. The van der Waals surface area contributed by atoms with Gasteiger partial charge in [-0.2, -0.15) is 0 Å². The molecule has 4 N–H and O–H groups in total. The molecule has 0 saturated carbocycles. The SMILES string of the molecule is NC(=O)c1nccc(N)c1C(=O)c1cccc2ccccc12. The summed E-state index contributed by atoms with van der Waals surface area (Å²) in [6.07, 6.45) is 1.36. The quantitative estimate of drug-likeness (QED) is 0.722. The lowest BCUT2D eigenvalue weighted by Gasteiger charge is -2.10. The Hall–Kier alpha value is -3.21. The maximum atomic E-state index is 12.9. The average molecular weight is 291 g/mol. The van der Waals surface area contributed by atoms with E-state index in [2.05, 4.69) is 4.98 Å². The number of nitrogen functional groups attached to an aromatic ring is 1. The molecule has 108 valence electrons. The molecule has 1 heterocycles. The molecule has 5 heteroatoms. The van der Waals surface area contributed by atoms with E-state index in [1.165, 1.54) is 12.3 Å². The summed E-state index contributed by atoms with van der Waals surface area (Å²) >= 11 is 0. The molecule has 0 fully saturated rings. The highest BCUT2D eigenvalue weighted by atomic mass is 16.1. The molecular weight excluding hydrogens is 278 g/mol. The van der Waals surface area contributed by atoms with Crippen LogP contribution in [0, 0.1) is 0 Å². The molecular formula is C17H13N3O2. The number of nitrogens with zero attached hydrogens (tertiary/aromatic N) is 1. The molecule has 0 unspecified atom stereocenters. The number of rotatable bonds is 3. The summed E-state index contributed by atoms with van der Waals surface area (Å²) in [5.74, 6) is -1.15. The fraction of sp³-hybridized carbons (Fsp3) is 0. The largest absolute Gasteiger partial charge is 0.398 e. The Balaban J connectivity index is 2.25. The van der Waals surface area contributed by atoms with Gasteiger partial charge in [-0.25, -0.2) is 0 Å². The molecule has 0 aliphatic heterocycles. The van der Waals surface area contributed by atoms with Crippen molar-refractivity contribution in [2.75, 3.05) is 5.73 Å². The van der Waals surface area contributed by atoms with Gasteiger partial charge in [-0.3, -0.25) is 14.6 Å². The monoisotopic (exact) mass is 291 g/mol. The van der Waals surface area contributed by atoms with Crippen LogP contribution < -0.4 is 11.5 Å². The molecule has 0 aliphatic carbocycles. The van der Waals surface area contributed by atoms with E-state index in [9.17, 15) is 9.59 Å². The van der Waals surface area contributed by atoms with Gasteiger partial charge in [0.05, 0.1) is 5.56 Å². The number of carbonyl (C=O) groups is 2. The molecule has 3 rings (SSSR count). The molecule has 0 radical (unpaired) electrons. The van der Waals surface area contributed by atoms with Crippen LogP contribution in [-0.4, -0.2) is 16.7 Å².